The second kappa shape index (κ2) is 10.4. The second-order valence-corrected chi connectivity index (χ2v) is 8.75. The Hall–Kier alpha value is -4.48. The number of phenolic OH excluding ortho intramolecular Hbond substituents is 1. The van der Waals surface area contributed by atoms with Gasteiger partial charge in [-0.2, -0.15) is 0 Å². The van der Waals surface area contributed by atoms with Crippen LogP contribution in [-0.2, 0) is 0 Å². The highest BCUT2D eigenvalue weighted by molar-refractivity contribution is 6.43. The fourth-order valence-corrected chi connectivity index (χ4v) is 4.96. The number of halogens is 2. The number of benzene rings is 3. The molecule has 0 bridgehead atoms. The number of rotatable bonds is 8. The van der Waals surface area contributed by atoms with Crippen molar-refractivity contribution in [1.29, 1.82) is 0 Å². The Kier molecular flexibility index (Phi) is 7.31. The lowest BCUT2D eigenvalue weighted by molar-refractivity contribution is 0.0649. The number of ether oxygens (including phenoxy) is 2. The van der Waals surface area contributed by atoms with Crippen LogP contribution in [0, 0.1) is 0 Å². The Labute approximate surface area is 228 Å². The van der Waals surface area contributed by atoms with Crippen LogP contribution in [-0.4, -0.2) is 51.5 Å². The minimum absolute atomic E-state index is 0.0361. The third-order valence-corrected chi connectivity index (χ3v) is 6.49. The molecular weight excluding hydrogens is 559 g/mol. The van der Waals surface area contributed by atoms with E-state index < -0.39 is 55.6 Å². The number of fused-ring (bicyclic) bond motifs is 2. The van der Waals surface area contributed by atoms with Crippen LogP contribution < -0.4 is 14.9 Å². The van der Waals surface area contributed by atoms with Gasteiger partial charge in [-0.25, -0.2) is 14.4 Å². The summed E-state index contributed by atoms with van der Waals surface area (Å²) in [7, 11) is 0. The summed E-state index contributed by atoms with van der Waals surface area (Å²) in [4.78, 5) is 49.2. The number of hydrogen-bond acceptors (Lipinski definition) is 8. The van der Waals surface area contributed by atoms with Gasteiger partial charge in [-0.3, -0.25) is 4.79 Å². The summed E-state index contributed by atoms with van der Waals surface area (Å²) in [5.41, 5.74) is -3.92. The topological polar surface area (TPSA) is 181 Å². The standard InChI is InChI=1S/C26H18Cl2O11/c1-3-37-15-5-9-13(7-11(15)29)39-14-8-12(30)16(38-4-2)6-10(14)17(9)18-19(24(31)32)23(28)21(26(35)36)20(22(18)27)25(33)34/h5-8,29H,3-4H2,1-2H3,(H,31,32)(H,33,34)(H,35,36). The van der Waals surface area contributed by atoms with Gasteiger partial charge in [0.15, 0.2) is 17.2 Å². The minimum Gasteiger partial charge on any atom is -0.504 e. The van der Waals surface area contributed by atoms with Gasteiger partial charge in [0.2, 0.25) is 5.43 Å². The normalized spacial score (nSPS) is 11.1. The van der Waals surface area contributed by atoms with Crippen molar-refractivity contribution in [3.8, 4) is 39.7 Å². The van der Waals surface area contributed by atoms with Gasteiger partial charge in [0.05, 0.1) is 39.9 Å². The number of carbonyl (C=O) groups is 3. The number of phenols is 1. The molecule has 0 aromatic heterocycles. The quantitative estimate of drug-likeness (QED) is 0.195. The van der Waals surface area contributed by atoms with Gasteiger partial charge in [0.25, 0.3) is 0 Å². The van der Waals surface area contributed by atoms with Crippen molar-refractivity contribution in [2.75, 3.05) is 13.2 Å². The summed E-state index contributed by atoms with van der Waals surface area (Å²) in [6.07, 6.45) is 0. The van der Waals surface area contributed by atoms with Gasteiger partial charge in [-0.15, -0.1) is 0 Å². The molecule has 2 aromatic carbocycles. The lowest BCUT2D eigenvalue weighted by atomic mass is 9.87. The van der Waals surface area contributed by atoms with Crippen LogP contribution in [0.4, 0.5) is 0 Å². The molecule has 0 atom stereocenters. The van der Waals surface area contributed by atoms with Gasteiger partial charge in [0, 0.05) is 34.2 Å². The molecule has 4 N–H and O–H groups in total. The molecule has 0 saturated heterocycles. The molecule has 2 aromatic rings. The van der Waals surface area contributed by atoms with Crippen LogP contribution in [0.1, 0.15) is 44.9 Å². The van der Waals surface area contributed by atoms with Gasteiger partial charge in [-0.05, 0) is 26.0 Å². The largest absolute Gasteiger partial charge is 0.504 e. The SMILES string of the molecule is CCOc1cc2c(-c3c(Cl)c(C(=O)O)c(C(=O)O)c(Cl)c3C(=O)O)c3cc(OCC)c(=O)cc-3oc2cc1O. The van der Waals surface area contributed by atoms with E-state index in [0.29, 0.717) is 0 Å². The summed E-state index contributed by atoms with van der Waals surface area (Å²) < 4.78 is 16.7. The predicted molar refractivity (Wildman–Crippen MR) is 139 cm³/mol. The number of hydrogen-bond donors (Lipinski definition) is 4. The highest BCUT2D eigenvalue weighted by Crippen LogP contribution is 2.50. The summed E-state index contributed by atoms with van der Waals surface area (Å²) in [6, 6.07) is 4.79. The van der Waals surface area contributed by atoms with Gasteiger partial charge < -0.3 is 34.3 Å². The number of aromatic carboxylic acids is 3. The van der Waals surface area contributed by atoms with Crippen molar-refractivity contribution >= 4 is 52.1 Å². The highest BCUT2D eigenvalue weighted by Gasteiger charge is 2.35. The minimum atomic E-state index is -1.82. The van der Waals surface area contributed by atoms with Crippen molar-refractivity contribution < 1.29 is 48.7 Å². The van der Waals surface area contributed by atoms with E-state index in [4.69, 9.17) is 37.1 Å². The fraction of sp³-hybridized carbons (Fsp3) is 0.154. The molecule has 0 radical (unpaired) electrons. The van der Waals surface area contributed by atoms with E-state index in [0.717, 1.165) is 12.1 Å². The molecule has 1 heterocycles. The van der Waals surface area contributed by atoms with Gasteiger partial charge in [-0.1, -0.05) is 23.2 Å². The smallest absolute Gasteiger partial charge is 0.338 e. The summed E-state index contributed by atoms with van der Waals surface area (Å²) >= 11 is 12.7. The molecule has 0 spiro atoms. The Balaban J connectivity index is 2.37. The first-order valence-electron chi connectivity index (χ1n) is 11.2. The number of carboxylic acids is 3. The first kappa shape index (κ1) is 27.6. The third-order valence-electron chi connectivity index (χ3n) is 5.73. The lowest BCUT2D eigenvalue weighted by Gasteiger charge is -2.21. The zero-order valence-corrected chi connectivity index (χ0v) is 21.6. The molecule has 4 rings (SSSR count). The monoisotopic (exact) mass is 576 g/mol. The number of aromatic hydroxyl groups is 1. The van der Waals surface area contributed by atoms with Gasteiger partial charge in [0.1, 0.15) is 11.3 Å². The molecule has 13 heteroatoms. The second-order valence-electron chi connectivity index (χ2n) is 8.00. The average Bonchev–Trinajstić information content (AvgIpc) is 2.84. The van der Waals surface area contributed by atoms with Crippen LogP contribution in [0.2, 0.25) is 10.0 Å². The molecule has 0 unspecified atom stereocenters. The van der Waals surface area contributed by atoms with E-state index in [1.54, 1.807) is 13.8 Å². The molecule has 0 fully saturated rings. The Morgan fingerprint density at radius 3 is 1.92 bits per heavy atom. The maximum Gasteiger partial charge on any atom is 0.338 e. The van der Waals surface area contributed by atoms with Crippen LogP contribution in [0.25, 0.3) is 33.4 Å². The van der Waals surface area contributed by atoms with Crippen LogP contribution in [0.3, 0.4) is 0 Å². The van der Waals surface area contributed by atoms with E-state index in [2.05, 4.69) is 0 Å². The van der Waals surface area contributed by atoms with Crippen LogP contribution in [0.5, 0.6) is 17.2 Å². The molecule has 0 amide bonds. The molecule has 1 aliphatic heterocycles. The first-order valence-corrected chi connectivity index (χ1v) is 12.0. The molecular formula is C26H18Cl2O11. The predicted octanol–water partition coefficient (Wildman–Crippen LogP) is 5.47. The van der Waals surface area contributed by atoms with E-state index in [-0.39, 0.29) is 58.3 Å². The van der Waals surface area contributed by atoms with Crippen LogP contribution in [0.15, 0.2) is 33.5 Å². The van der Waals surface area contributed by atoms with E-state index in [1.165, 1.54) is 12.1 Å². The number of carboxylic acid groups (broad SMARTS) is 3. The summed E-state index contributed by atoms with van der Waals surface area (Å²) in [6.45, 7) is 3.53. The Bertz CT molecular complexity index is 1720. The van der Waals surface area contributed by atoms with Crippen molar-refractivity contribution in [1.82, 2.24) is 0 Å². The van der Waals surface area contributed by atoms with Crippen molar-refractivity contribution in [3.05, 3.63) is 61.2 Å². The fourth-order valence-electron chi connectivity index (χ4n) is 4.25. The summed E-state index contributed by atoms with van der Waals surface area (Å²) in [5, 5.41) is 38.6. The first-order chi connectivity index (χ1) is 18.4. The molecule has 0 saturated carbocycles. The average molecular weight is 577 g/mol. The maximum absolute atomic E-state index is 12.6. The zero-order valence-electron chi connectivity index (χ0n) is 20.1. The third kappa shape index (κ3) is 4.55. The Morgan fingerprint density at radius 2 is 1.36 bits per heavy atom. The molecule has 11 nitrogen and oxygen atoms in total. The molecule has 39 heavy (non-hydrogen) atoms. The highest BCUT2D eigenvalue weighted by atomic mass is 35.5. The Morgan fingerprint density at radius 1 is 0.795 bits per heavy atom. The molecule has 202 valence electrons. The van der Waals surface area contributed by atoms with Gasteiger partial charge >= 0.3 is 17.9 Å². The van der Waals surface area contributed by atoms with Crippen molar-refractivity contribution in [3.63, 3.8) is 0 Å². The zero-order chi connectivity index (χ0) is 28.8. The van der Waals surface area contributed by atoms with E-state index >= 15 is 0 Å². The van der Waals surface area contributed by atoms with E-state index in [1.807, 2.05) is 0 Å². The van der Waals surface area contributed by atoms with E-state index in [9.17, 15) is 39.6 Å². The summed E-state index contributed by atoms with van der Waals surface area (Å²) in [5.74, 6) is -5.93. The lowest BCUT2D eigenvalue weighted by Crippen LogP contribution is -2.15. The molecule has 1 aliphatic carbocycles. The van der Waals surface area contributed by atoms with Crippen LogP contribution >= 0.6 is 23.2 Å². The maximum atomic E-state index is 12.6. The molecule has 2 aliphatic rings. The van der Waals surface area contributed by atoms with Crippen molar-refractivity contribution in [2.24, 2.45) is 0 Å². The van der Waals surface area contributed by atoms with Crippen molar-refractivity contribution in [2.45, 2.75) is 13.8 Å².